The van der Waals surface area contributed by atoms with Gasteiger partial charge in [-0.1, -0.05) is 0 Å². The minimum absolute atomic E-state index is 0.00911. The van der Waals surface area contributed by atoms with E-state index in [4.69, 9.17) is 4.42 Å². The van der Waals surface area contributed by atoms with Gasteiger partial charge >= 0.3 is 0 Å². The fourth-order valence-electron chi connectivity index (χ4n) is 1.77. The predicted octanol–water partition coefficient (Wildman–Crippen LogP) is 2.13. The zero-order valence-electron chi connectivity index (χ0n) is 10.7. The number of carbonyl (C=O) groups is 1. The lowest BCUT2D eigenvalue weighted by Crippen LogP contribution is -2.32. The first-order valence-corrected chi connectivity index (χ1v) is 6.13. The number of aromatic nitrogens is 1. The zero-order chi connectivity index (χ0) is 13.7. The van der Waals surface area contributed by atoms with Crippen molar-refractivity contribution in [3.8, 4) is 5.75 Å². The van der Waals surface area contributed by atoms with Crippen molar-refractivity contribution < 1.29 is 14.3 Å². The number of furan rings is 1. The van der Waals surface area contributed by atoms with Gasteiger partial charge < -0.3 is 14.8 Å². The molecular formula is C14H16N2O3. The van der Waals surface area contributed by atoms with Gasteiger partial charge in [0.25, 0.3) is 5.91 Å². The Hall–Kier alpha value is -2.30. The van der Waals surface area contributed by atoms with Crippen LogP contribution in [-0.2, 0) is 6.42 Å². The van der Waals surface area contributed by atoms with Crippen LogP contribution in [0.5, 0.6) is 5.75 Å². The Balaban J connectivity index is 1.87. The Bertz CT molecular complexity index is 537. The van der Waals surface area contributed by atoms with Crippen molar-refractivity contribution in [3.05, 3.63) is 48.2 Å². The van der Waals surface area contributed by atoms with Crippen LogP contribution in [-0.4, -0.2) is 22.0 Å². The summed E-state index contributed by atoms with van der Waals surface area (Å²) in [6.07, 6.45) is 5.89. The Morgan fingerprint density at radius 1 is 1.53 bits per heavy atom. The van der Waals surface area contributed by atoms with Gasteiger partial charge in [0.2, 0.25) is 0 Å². The predicted molar refractivity (Wildman–Crippen MR) is 69.9 cm³/mol. The first-order chi connectivity index (χ1) is 9.16. The number of hydrogen-bond acceptors (Lipinski definition) is 4. The highest BCUT2D eigenvalue weighted by molar-refractivity contribution is 5.96. The molecule has 2 N–H and O–H groups in total. The van der Waals surface area contributed by atoms with Crippen LogP contribution < -0.4 is 5.32 Å². The molecular weight excluding hydrogens is 244 g/mol. The number of rotatable bonds is 5. The van der Waals surface area contributed by atoms with E-state index < -0.39 is 0 Å². The van der Waals surface area contributed by atoms with Gasteiger partial charge in [-0.05, 0) is 31.5 Å². The first-order valence-electron chi connectivity index (χ1n) is 6.13. The molecule has 0 saturated heterocycles. The molecule has 0 aliphatic heterocycles. The number of pyridine rings is 1. The van der Waals surface area contributed by atoms with E-state index in [2.05, 4.69) is 10.3 Å². The summed E-state index contributed by atoms with van der Waals surface area (Å²) in [5.41, 5.74) is 0.236. The van der Waals surface area contributed by atoms with Gasteiger partial charge in [-0.15, -0.1) is 0 Å². The van der Waals surface area contributed by atoms with Gasteiger partial charge in [-0.3, -0.25) is 9.78 Å². The van der Waals surface area contributed by atoms with E-state index in [1.807, 2.05) is 19.1 Å². The second-order valence-corrected chi connectivity index (χ2v) is 4.39. The molecule has 5 nitrogen and oxygen atoms in total. The molecule has 5 heteroatoms. The monoisotopic (exact) mass is 260 g/mol. The Morgan fingerprint density at radius 2 is 2.37 bits per heavy atom. The minimum Gasteiger partial charge on any atom is -0.505 e. The normalized spacial score (nSPS) is 12.1. The van der Waals surface area contributed by atoms with Crippen LogP contribution >= 0.6 is 0 Å². The summed E-state index contributed by atoms with van der Waals surface area (Å²) < 4.78 is 5.23. The number of aryl methyl sites for hydroxylation is 1. The van der Waals surface area contributed by atoms with Crippen LogP contribution in [0.15, 0.2) is 41.3 Å². The number of amides is 1. The van der Waals surface area contributed by atoms with Gasteiger partial charge in [0, 0.05) is 18.7 Å². The smallest absolute Gasteiger partial charge is 0.255 e. The van der Waals surface area contributed by atoms with Crippen molar-refractivity contribution in [2.45, 2.75) is 25.8 Å². The highest BCUT2D eigenvalue weighted by atomic mass is 16.3. The summed E-state index contributed by atoms with van der Waals surface area (Å²) >= 11 is 0. The van der Waals surface area contributed by atoms with E-state index in [0.29, 0.717) is 0 Å². The molecule has 1 unspecified atom stereocenters. The lowest BCUT2D eigenvalue weighted by molar-refractivity contribution is 0.0935. The first kappa shape index (κ1) is 13.1. The van der Waals surface area contributed by atoms with Crippen molar-refractivity contribution >= 4 is 5.91 Å². The fraction of sp³-hybridized carbons (Fsp3) is 0.286. The number of hydrogen-bond donors (Lipinski definition) is 2. The fourth-order valence-corrected chi connectivity index (χ4v) is 1.77. The summed E-state index contributed by atoms with van der Waals surface area (Å²) in [4.78, 5) is 15.6. The molecule has 0 saturated carbocycles. The highest BCUT2D eigenvalue weighted by Crippen LogP contribution is 2.14. The molecule has 0 radical (unpaired) electrons. The average Bonchev–Trinajstić information content (AvgIpc) is 2.90. The average molecular weight is 260 g/mol. The van der Waals surface area contributed by atoms with Crippen LogP contribution in [0.2, 0.25) is 0 Å². The van der Waals surface area contributed by atoms with Crippen LogP contribution in [0.1, 0.15) is 29.5 Å². The summed E-state index contributed by atoms with van der Waals surface area (Å²) in [5, 5.41) is 12.4. The van der Waals surface area contributed by atoms with Crippen molar-refractivity contribution in [3.63, 3.8) is 0 Å². The molecule has 0 aromatic carbocycles. The van der Waals surface area contributed by atoms with E-state index in [1.165, 1.54) is 18.5 Å². The van der Waals surface area contributed by atoms with Gasteiger partial charge in [-0.2, -0.15) is 0 Å². The molecule has 0 aliphatic carbocycles. The molecule has 1 amide bonds. The summed E-state index contributed by atoms with van der Waals surface area (Å²) in [6, 6.07) is 5.23. The molecule has 0 fully saturated rings. The number of carbonyl (C=O) groups excluding carboxylic acids is 1. The van der Waals surface area contributed by atoms with E-state index in [9.17, 15) is 9.90 Å². The summed E-state index contributed by atoms with van der Waals surface area (Å²) in [5.74, 6) is 0.484. The number of nitrogens with zero attached hydrogens (tertiary/aromatic N) is 1. The van der Waals surface area contributed by atoms with E-state index >= 15 is 0 Å². The van der Waals surface area contributed by atoms with Crippen molar-refractivity contribution in [2.24, 2.45) is 0 Å². The number of nitrogens with one attached hydrogen (secondary N) is 1. The van der Waals surface area contributed by atoms with Gasteiger partial charge in [0.1, 0.15) is 11.5 Å². The molecule has 2 aromatic rings. The van der Waals surface area contributed by atoms with E-state index in [0.717, 1.165) is 18.6 Å². The van der Waals surface area contributed by atoms with Crippen molar-refractivity contribution in [1.29, 1.82) is 0 Å². The third kappa shape index (κ3) is 3.58. The lowest BCUT2D eigenvalue weighted by Gasteiger charge is -2.13. The maximum Gasteiger partial charge on any atom is 0.255 e. The quantitative estimate of drug-likeness (QED) is 0.863. The third-order valence-corrected chi connectivity index (χ3v) is 2.83. The Morgan fingerprint density at radius 3 is 3.05 bits per heavy atom. The standard InChI is InChI=1S/C14H16N2O3/c1-10(4-5-11-3-2-8-19-11)16-14(18)12-6-7-15-9-13(12)17/h2-3,6-10,17H,4-5H2,1H3,(H,16,18). The summed E-state index contributed by atoms with van der Waals surface area (Å²) in [7, 11) is 0. The van der Waals surface area contributed by atoms with Crippen LogP contribution in [0.25, 0.3) is 0 Å². The summed E-state index contributed by atoms with van der Waals surface area (Å²) in [6.45, 7) is 1.92. The van der Waals surface area contributed by atoms with Crippen molar-refractivity contribution in [1.82, 2.24) is 10.3 Å². The van der Waals surface area contributed by atoms with Crippen LogP contribution in [0.4, 0.5) is 0 Å². The Labute approximate surface area is 111 Å². The SMILES string of the molecule is CC(CCc1ccco1)NC(=O)c1ccncc1O. The second kappa shape index (κ2) is 6.04. The number of aromatic hydroxyl groups is 1. The maximum atomic E-state index is 11.9. The highest BCUT2D eigenvalue weighted by Gasteiger charge is 2.13. The minimum atomic E-state index is -0.299. The van der Waals surface area contributed by atoms with Crippen molar-refractivity contribution in [2.75, 3.05) is 0 Å². The zero-order valence-corrected chi connectivity index (χ0v) is 10.7. The molecule has 1 atom stereocenters. The lowest BCUT2D eigenvalue weighted by atomic mass is 10.1. The van der Waals surface area contributed by atoms with E-state index in [-0.39, 0.29) is 23.3 Å². The molecule has 2 aromatic heterocycles. The molecule has 19 heavy (non-hydrogen) atoms. The van der Waals surface area contributed by atoms with E-state index in [1.54, 1.807) is 6.26 Å². The van der Waals surface area contributed by atoms with Gasteiger partial charge in [0.15, 0.2) is 0 Å². The van der Waals surface area contributed by atoms with Gasteiger partial charge in [0.05, 0.1) is 18.0 Å². The molecule has 0 aliphatic rings. The molecule has 0 spiro atoms. The largest absolute Gasteiger partial charge is 0.505 e. The third-order valence-electron chi connectivity index (χ3n) is 2.83. The van der Waals surface area contributed by atoms with Crippen LogP contribution in [0.3, 0.4) is 0 Å². The second-order valence-electron chi connectivity index (χ2n) is 4.39. The van der Waals surface area contributed by atoms with Crippen LogP contribution in [0, 0.1) is 0 Å². The maximum absolute atomic E-state index is 11.9. The van der Waals surface area contributed by atoms with Gasteiger partial charge in [-0.25, -0.2) is 0 Å². The molecule has 2 heterocycles. The molecule has 2 rings (SSSR count). The Kier molecular flexibility index (Phi) is 4.18. The topological polar surface area (TPSA) is 75.4 Å². The molecule has 0 bridgehead atoms. The molecule has 100 valence electrons.